The maximum atomic E-state index is 12.1. The molecule has 0 radical (unpaired) electrons. The Labute approximate surface area is 144 Å². The molecule has 0 aliphatic rings. The van der Waals surface area contributed by atoms with Crippen molar-refractivity contribution in [1.29, 1.82) is 0 Å². The fraction of sp³-hybridized carbons (Fsp3) is 0.500. The Morgan fingerprint density at radius 2 is 1.90 bits per heavy atom. The van der Waals surface area contributed by atoms with Crippen molar-refractivity contribution in [3.05, 3.63) is 28.8 Å². The number of hydrogen-bond acceptors (Lipinski definition) is 3. The standard InChI is InChI=1S/C14H22ClN3O.2ClH/c1-4-18(5-2)9-10(3)17-14(19)12-7-6-11(16)8-13(12)15;;/h6-8,10H,4-5,9,16H2,1-3H3,(H,17,19);2*1H. The van der Waals surface area contributed by atoms with Crippen molar-refractivity contribution in [3.63, 3.8) is 0 Å². The van der Waals surface area contributed by atoms with E-state index in [0.717, 1.165) is 19.6 Å². The van der Waals surface area contributed by atoms with Gasteiger partial charge in [0, 0.05) is 18.3 Å². The van der Waals surface area contributed by atoms with Crippen LogP contribution in [0.5, 0.6) is 0 Å². The van der Waals surface area contributed by atoms with E-state index in [1.165, 1.54) is 0 Å². The van der Waals surface area contributed by atoms with Gasteiger partial charge < -0.3 is 16.0 Å². The molecule has 0 bridgehead atoms. The molecule has 1 rings (SSSR count). The Morgan fingerprint density at radius 1 is 1.33 bits per heavy atom. The minimum atomic E-state index is -0.162. The first kappa shape index (κ1) is 22.6. The largest absolute Gasteiger partial charge is 0.399 e. The number of nitrogens with zero attached hydrogens (tertiary/aromatic N) is 1. The third kappa shape index (κ3) is 7.23. The van der Waals surface area contributed by atoms with Gasteiger partial charge in [-0.3, -0.25) is 4.79 Å². The Balaban J connectivity index is 0. The third-order valence-corrected chi connectivity index (χ3v) is 3.35. The Morgan fingerprint density at radius 3 is 2.38 bits per heavy atom. The van der Waals surface area contributed by atoms with Gasteiger partial charge in [0.1, 0.15) is 0 Å². The maximum absolute atomic E-state index is 12.1. The van der Waals surface area contributed by atoms with E-state index in [1.807, 2.05) is 6.92 Å². The van der Waals surface area contributed by atoms with E-state index < -0.39 is 0 Å². The lowest BCUT2D eigenvalue weighted by Crippen LogP contribution is -2.42. The molecule has 0 aliphatic carbocycles. The van der Waals surface area contributed by atoms with E-state index in [4.69, 9.17) is 17.3 Å². The summed E-state index contributed by atoms with van der Waals surface area (Å²) in [5.74, 6) is -0.162. The minimum absolute atomic E-state index is 0. The van der Waals surface area contributed by atoms with Crippen molar-refractivity contribution in [2.24, 2.45) is 0 Å². The summed E-state index contributed by atoms with van der Waals surface area (Å²) in [6.07, 6.45) is 0. The topological polar surface area (TPSA) is 58.4 Å². The summed E-state index contributed by atoms with van der Waals surface area (Å²) >= 11 is 6.02. The molecule has 3 N–H and O–H groups in total. The number of benzene rings is 1. The molecule has 1 aromatic carbocycles. The first-order valence-electron chi connectivity index (χ1n) is 6.56. The number of likely N-dealkylation sites (N-methyl/N-ethyl adjacent to an activating group) is 1. The summed E-state index contributed by atoms with van der Waals surface area (Å²) in [6, 6.07) is 4.99. The molecule has 1 amide bonds. The lowest BCUT2D eigenvalue weighted by molar-refractivity contribution is 0.0930. The van der Waals surface area contributed by atoms with Crippen molar-refractivity contribution in [1.82, 2.24) is 10.2 Å². The molecule has 1 aromatic rings. The monoisotopic (exact) mass is 355 g/mol. The summed E-state index contributed by atoms with van der Waals surface area (Å²) in [5, 5.41) is 3.33. The molecule has 0 heterocycles. The molecular weight excluding hydrogens is 333 g/mol. The zero-order valence-electron chi connectivity index (χ0n) is 12.6. The summed E-state index contributed by atoms with van der Waals surface area (Å²) in [4.78, 5) is 14.3. The molecule has 4 nitrogen and oxygen atoms in total. The SMILES string of the molecule is CCN(CC)CC(C)NC(=O)c1ccc(N)cc1Cl.Cl.Cl. The molecule has 21 heavy (non-hydrogen) atoms. The smallest absolute Gasteiger partial charge is 0.253 e. The van der Waals surface area contributed by atoms with Gasteiger partial charge in [0.25, 0.3) is 5.91 Å². The summed E-state index contributed by atoms with van der Waals surface area (Å²) in [7, 11) is 0. The fourth-order valence-electron chi connectivity index (χ4n) is 1.93. The Kier molecular flexibility index (Phi) is 11.8. The molecule has 0 fully saturated rings. The molecule has 122 valence electrons. The summed E-state index contributed by atoms with van der Waals surface area (Å²) < 4.78 is 0. The van der Waals surface area contributed by atoms with Gasteiger partial charge in [-0.2, -0.15) is 0 Å². The first-order valence-corrected chi connectivity index (χ1v) is 6.93. The Bertz CT molecular complexity index is 439. The van der Waals surface area contributed by atoms with Crippen molar-refractivity contribution >= 4 is 48.0 Å². The number of nitrogen functional groups attached to an aromatic ring is 1. The van der Waals surface area contributed by atoms with E-state index in [-0.39, 0.29) is 36.8 Å². The van der Waals surface area contributed by atoms with Gasteiger partial charge in [0.05, 0.1) is 10.6 Å². The van der Waals surface area contributed by atoms with Crippen molar-refractivity contribution in [2.45, 2.75) is 26.8 Å². The molecule has 0 aromatic heterocycles. The van der Waals surface area contributed by atoms with Crippen LogP contribution in [0.25, 0.3) is 0 Å². The van der Waals surface area contributed by atoms with Gasteiger partial charge >= 0.3 is 0 Å². The third-order valence-electron chi connectivity index (χ3n) is 3.04. The zero-order valence-corrected chi connectivity index (χ0v) is 14.9. The predicted molar refractivity (Wildman–Crippen MR) is 95.1 cm³/mol. The van der Waals surface area contributed by atoms with Gasteiger partial charge in [-0.05, 0) is 38.2 Å². The highest BCUT2D eigenvalue weighted by molar-refractivity contribution is 6.34. The normalized spacial score (nSPS) is 11.3. The minimum Gasteiger partial charge on any atom is -0.399 e. The molecule has 0 saturated carbocycles. The number of carbonyl (C=O) groups excluding carboxylic acids is 1. The highest BCUT2D eigenvalue weighted by Crippen LogP contribution is 2.19. The van der Waals surface area contributed by atoms with Crippen LogP contribution in [0.1, 0.15) is 31.1 Å². The average Bonchev–Trinajstić information content (AvgIpc) is 2.35. The highest BCUT2D eigenvalue weighted by Gasteiger charge is 2.14. The molecule has 1 atom stereocenters. The number of halogens is 3. The second kappa shape index (κ2) is 11.0. The van der Waals surface area contributed by atoms with Crippen LogP contribution in [0, 0.1) is 0 Å². The van der Waals surface area contributed by atoms with Gasteiger partial charge in [-0.15, -0.1) is 24.8 Å². The first-order chi connectivity index (χ1) is 8.97. The van der Waals surface area contributed by atoms with Crippen LogP contribution in [-0.2, 0) is 0 Å². The molecule has 0 saturated heterocycles. The van der Waals surface area contributed by atoms with E-state index in [9.17, 15) is 4.79 Å². The van der Waals surface area contributed by atoms with E-state index in [0.29, 0.717) is 16.3 Å². The van der Waals surface area contributed by atoms with Crippen molar-refractivity contribution in [2.75, 3.05) is 25.4 Å². The van der Waals surface area contributed by atoms with E-state index in [1.54, 1.807) is 18.2 Å². The molecule has 7 heteroatoms. The van der Waals surface area contributed by atoms with Gasteiger partial charge in [-0.1, -0.05) is 25.4 Å². The molecule has 1 unspecified atom stereocenters. The van der Waals surface area contributed by atoms with Crippen LogP contribution in [0.2, 0.25) is 5.02 Å². The lowest BCUT2D eigenvalue weighted by Gasteiger charge is -2.23. The average molecular weight is 357 g/mol. The van der Waals surface area contributed by atoms with E-state index in [2.05, 4.69) is 24.1 Å². The number of amides is 1. The van der Waals surface area contributed by atoms with Crippen LogP contribution in [0.3, 0.4) is 0 Å². The number of carbonyl (C=O) groups is 1. The van der Waals surface area contributed by atoms with Crippen LogP contribution < -0.4 is 11.1 Å². The number of hydrogen-bond donors (Lipinski definition) is 2. The van der Waals surface area contributed by atoms with E-state index >= 15 is 0 Å². The van der Waals surface area contributed by atoms with Gasteiger partial charge in [0.15, 0.2) is 0 Å². The second-order valence-electron chi connectivity index (χ2n) is 4.60. The van der Waals surface area contributed by atoms with Crippen LogP contribution >= 0.6 is 36.4 Å². The number of nitrogens with two attached hydrogens (primary N) is 1. The number of anilines is 1. The highest BCUT2D eigenvalue weighted by atomic mass is 35.5. The second-order valence-corrected chi connectivity index (χ2v) is 5.01. The van der Waals surface area contributed by atoms with Crippen molar-refractivity contribution < 1.29 is 4.79 Å². The zero-order chi connectivity index (χ0) is 14.4. The Hall–Kier alpha value is -0.680. The fourth-order valence-corrected chi connectivity index (χ4v) is 2.21. The summed E-state index contributed by atoms with van der Waals surface area (Å²) in [6.45, 7) is 8.97. The predicted octanol–water partition coefficient (Wildman–Crippen LogP) is 3.23. The lowest BCUT2D eigenvalue weighted by atomic mass is 10.1. The van der Waals surface area contributed by atoms with Crippen molar-refractivity contribution in [3.8, 4) is 0 Å². The van der Waals surface area contributed by atoms with Crippen LogP contribution in [0.4, 0.5) is 5.69 Å². The molecule has 0 spiro atoms. The molecular formula is C14H24Cl3N3O. The van der Waals surface area contributed by atoms with Gasteiger partial charge in [0.2, 0.25) is 0 Å². The van der Waals surface area contributed by atoms with Crippen LogP contribution in [0.15, 0.2) is 18.2 Å². The quantitative estimate of drug-likeness (QED) is 0.769. The number of rotatable bonds is 6. The summed E-state index contributed by atoms with van der Waals surface area (Å²) in [5.41, 5.74) is 6.62. The maximum Gasteiger partial charge on any atom is 0.253 e. The molecule has 0 aliphatic heterocycles. The van der Waals surface area contributed by atoms with Crippen LogP contribution in [-0.4, -0.2) is 36.5 Å². The number of nitrogens with one attached hydrogen (secondary N) is 1. The van der Waals surface area contributed by atoms with Gasteiger partial charge in [-0.25, -0.2) is 0 Å².